The van der Waals surface area contributed by atoms with E-state index in [2.05, 4.69) is 58.6 Å². The van der Waals surface area contributed by atoms with Crippen LogP contribution in [0.2, 0.25) is 0 Å². The monoisotopic (exact) mass is 575 g/mol. The van der Waals surface area contributed by atoms with Gasteiger partial charge in [-0.05, 0) is 23.6 Å². The van der Waals surface area contributed by atoms with Crippen LogP contribution in [0.1, 0.15) is 35.3 Å². The van der Waals surface area contributed by atoms with Crippen LogP contribution in [0.25, 0.3) is 0 Å². The lowest BCUT2D eigenvalue weighted by molar-refractivity contribution is -0.00805. The first-order valence-corrected chi connectivity index (χ1v) is 11.5. The normalized spacial score (nSPS) is 16.2. The fraction of sp³-hybridized carbons (Fsp3) is 0.385. The highest BCUT2D eigenvalue weighted by Gasteiger charge is 2.25. The smallest absolute Gasteiger partial charge is 0.194 e. The Morgan fingerprint density at radius 2 is 1.88 bits per heavy atom. The summed E-state index contributed by atoms with van der Waals surface area (Å²) < 4.78 is 13.8. The Labute approximate surface area is 219 Å². The quantitative estimate of drug-likeness (QED) is 0.247. The van der Waals surface area contributed by atoms with Crippen LogP contribution in [0.5, 0.6) is 0 Å². The molecule has 7 nitrogen and oxygen atoms in total. The number of hydrogen-bond donors (Lipinski definition) is 1. The van der Waals surface area contributed by atoms with Gasteiger partial charge in [-0.15, -0.1) is 24.0 Å². The van der Waals surface area contributed by atoms with Gasteiger partial charge in [-0.2, -0.15) is 5.10 Å². The van der Waals surface area contributed by atoms with Gasteiger partial charge in [0.15, 0.2) is 5.96 Å². The number of aromatic nitrogens is 2. The zero-order valence-corrected chi connectivity index (χ0v) is 22.2. The molecular weight excluding hydrogens is 541 g/mol. The summed E-state index contributed by atoms with van der Waals surface area (Å²) in [5.41, 5.74) is 4.62. The average molecular weight is 575 g/mol. The molecule has 1 aliphatic heterocycles. The van der Waals surface area contributed by atoms with Crippen molar-refractivity contribution in [3.8, 4) is 0 Å². The third-order valence-corrected chi connectivity index (χ3v) is 5.68. The molecule has 1 N–H and O–H groups in total. The van der Waals surface area contributed by atoms with Crippen LogP contribution in [0.3, 0.4) is 0 Å². The van der Waals surface area contributed by atoms with Crippen molar-refractivity contribution in [3.63, 3.8) is 0 Å². The van der Waals surface area contributed by atoms with E-state index in [9.17, 15) is 0 Å². The van der Waals surface area contributed by atoms with Gasteiger partial charge in [0.2, 0.25) is 0 Å². The van der Waals surface area contributed by atoms with Crippen molar-refractivity contribution in [2.45, 2.75) is 32.8 Å². The predicted molar refractivity (Wildman–Crippen MR) is 145 cm³/mol. The SMILES string of the molecule is CCNC(=NCc1ccccc1COCc1ccccc1)N1CCOC(c2cnn(C)c2)C1.I. The van der Waals surface area contributed by atoms with Crippen LogP contribution in [0.15, 0.2) is 72.0 Å². The molecule has 1 aromatic heterocycles. The molecule has 0 bridgehead atoms. The van der Waals surface area contributed by atoms with Gasteiger partial charge in [0.1, 0.15) is 6.10 Å². The van der Waals surface area contributed by atoms with Gasteiger partial charge in [-0.3, -0.25) is 4.68 Å². The summed E-state index contributed by atoms with van der Waals surface area (Å²) in [4.78, 5) is 7.24. The minimum absolute atomic E-state index is 0. The number of aliphatic imine (C=N–C) groups is 1. The Kier molecular flexibility index (Phi) is 10.4. The topological polar surface area (TPSA) is 63.9 Å². The van der Waals surface area contributed by atoms with Crippen molar-refractivity contribution in [1.29, 1.82) is 0 Å². The number of ether oxygens (including phenoxy) is 2. The lowest BCUT2D eigenvalue weighted by Gasteiger charge is -2.34. The number of hydrogen-bond acceptors (Lipinski definition) is 4. The highest BCUT2D eigenvalue weighted by molar-refractivity contribution is 14.0. The van der Waals surface area contributed by atoms with E-state index in [1.807, 2.05) is 42.3 Å². The zero-order chi connectivity index (χ0) is 22.9. The fourth-order valence-electron chi connectivity index (χ4n) is 3.94. The maximum absolute atomic E-state index is 6.00. The Hall–Kier alpha value is -2.43. The third kappa shape index (κ3) is 7.28. The molecule has 2 aromatic carbocycles. The van der Waals surface area contributed by atoms with Gasteiger partial charge in [0.25, 0.3) is 0 Å². The zero-order valence-electron chi connectivity index (χ0n) is 19.9. The molecule has 1 atom stereocenters. The molecule has 8 heteroatoms. The van der Waals surface area contributed by atoms with Gasteiger partial charge in [0.05, 0.1) is 39.1 Å². The van der Waals surface area contributed by atoms with E-state index in [4.69, 9.17) is 14.5 Å². The molecular formula is C26H34IN5O2. The molecule has 0 spiro atoms. The second kappa shape index (κ2) is 13.5. The van der Waals surface area contributed by atoms with Crippen molar-refractivity contribution in [2.75, 3.05) is 26.2 Å². The van der Waals surface area contributed by atoms with Crippen LogP contribution in [0.4, 0.5) is 0 Å². The molecule has 4 rings (SSSR count). The van der Waals surface area contributed by atoms with Crippen LogP contribution < -0.4 is 5.32 Å². The summed E-state index contributed by atoms with van der Waals surface area (Å²) in [6.45, 7) is 6.90. The number of nitrogens with zero attached hydrogens (tertiary/aromatic N) is 4. The van der Waals surface area contributed by atoms with Crippen molar-refractivity contribution < 1.29 is 9.47 Å². The molecule has 34 heavy (non-hydrogen) atoms. The molecule has 0 aliphatic carbocycles. The largest absolute Gasteiger partial charge is 0.372 e. The van der Waals surface area contributed by atoms with E-state index in [-0.39, 0.29) is 30.1 Å². The molecule has 3 aromatic rings. The predicted octanol–water partition coefficient (Wildman–Crippen LogP) is 4.29. The first-order chi connectivity index (χ1) is 16.2. The molecule has 0 amide bonds. The van der Waals surface area contributed by atoms with Gasteiger partial charge in [-0.25, -0.2) is 4.99 Å². The summed E-state index contributed by atoms with van der Waals surface area (Å²) in [5.74, 6) is 0.912. The van der Waals surface area contributed by atoms with E-state index in [1.165, 1.54) is 16.7 Å². The summed E-state index contributed by atoms with van der Waals surface area (Å²) in [5, 5.41) is 7.74. The van der Waals surface area contributed by atoms with Gasteiger partial charge in [0, 0.05) is 31.9 Å². The van der Waals surface area contributed by atoms with Gasteiger partial charge < -0.3 is 19.7 Å². The maximum Gasteiger partial charge on any atom is 0.194 e. The number of rotatable bonds is 8. The van der Waals surface area contributed by atoms with E-state index < -0.39 is 0 Å². The molecule has 1 unspecified atom stereocenters. The van der Waals surface area contributed by atoms with E-state index in [0.717, 1.165) is 31.2 Å². The van der Waals surface area contributed by atoms with E-state index >= 15 is 0 Å². The molecule has 2 heterocycles. The number of guanidine groups is 1. The molecule has 182 valence electrons. The van der Waals surface area contributed by atoms with Crippen molar-refractivity contribution >= 4 is 29.9 Å². The maximum atomic E-state index is 6.00. The highest BCUT2D eigenvalue weighted by Crippen LogP contribution is 2.22. The number of benzene rings is 2. The summed E-state index contributed by atoms with van der Waals surface area (Å²) >= 11 is 0. The standard InChI is InChI=1S/C26H33N5O2.HI/c1-3-27-26(31-13-14-33-25(18-31)24-16-29-30(2)17-24)28-15-22-11-7-8-12-23(22)20-32-19-21-9-5-4-6-10-21;/h4-12,16-17,25H,3,13-15,18-20H2,1-2H3,(H,27,28);1H. The summed E-state index contributed by atoms with van der Waals surface area (Å²) in [6.07, 6.45) is 3.89. The number of morpholine rings is 1. The minimum atomic E-state index is -0.00465. The number of aryl methyl sites for hydroxylation is 1. The average Bonchev–Trinajstić information content (AvgIpc) is 3.29. The molecule has 1 aliphatic rings. The van der Waals surface area contributed by atoms with Crippen LogP contribution in [-0.4, -0.2) is 46.9 Å². The minimum Gasteiger partial charge on any atom is -0.372 e. The first-order valence-electron chi connectivity index (χ1n) is 11.5. The summed E-state index contributed by atoms with van der Waals surface area (Å²) in [6, 6.07) is 18.6. The van der Waals surface area contributed by atoms with E-state index in [0.29, 0.717) is 26.4 Å². The molecule has 0 radical (unpaired) electrons. The van der Waals surface area contributed by atoms with Crippen molar-refractivity contribution in [1.82, 2.24) is 20.0 Å². The van der Waals surface area contributed by atoms with E-state index in [1.54, 1.807) is 0 Å². The lowest BCUT2D eigenvalue weighted by Crippen LogP contribution is -2.48. The Morgan fingerprint density at radius 3 is 2.62 bits per heavy atom. The van der Waals surface area contributed by atoms with Crippen molar-refractivity contribution in [3.05, 3.63) is 89.2 Å². The van der Waals surface area contributed by atoms with Crippen LogP contribution >= 0.6 is 24.0 Å². The molecule has 0 saturated carbocycles. The lowest BCUT2D eigenvalue weighted by atomic mass is 10.1. The number of nitrogens with one attached hydrogen (secondary N) is 1. The first kappa shape index (κ1) is 26.2. The Bertz CT molecular complexity index is 1040. The second-order valence-electron chi connectivity index (χ2n) is 8.17. The van der Waals surface area contributed by atoms with Crippen LogP contribution in [0, 0.1) is 0 Å². The fourth-order valence-corrected chi connectivity index (χ4v) is 3.94. The van der Waals surface area contributed by atoms with Crippen LogP contribution in [-0.2, 0) is 36.3 Å². The number of halogens is 1. The van der Waals surface area contributed by atoms with Gasteiger partial charge in [-0.1, -0.05) is 54.6 Å². The van der Waals surface area contributed by atoms with Crippen molar-refractivity contribution in [2.24, 2.45) is 12.0 Å². The Morgan fingerprint density at radius 1 is 1.12 bits per heavy atom. The molecule has 1 saturated heterocycles. The Balaban J connectivity index is 0.00000324. The molecule has 1 fully saturated rings. The highest BCUT2D eigenvalue weighted by atomic mass is 127. The third-order valence-electron chi connectivity index (χ3n) is 5.68. The summed E-state index contributed by atoms with van der Waals surface area (Å²) in [7, 11) is 1.93. The second-order valence-corrected chi connectivity index (χ2v) is 8.17. The van der Waals surface area contributed by atoms with Gasteiger partial charge >= 0.3 is 0 Å².